The Morgan fingerprint density at radius 1 is 1.28 bits per heavy atom. The Morgan fingerprint density at radius 3 is 2.61 bits per heavy atom. The third-order valence-corrected chi connectivity index (χ3v) is 2.04. The van der Waals surface area contributed by atoms with Crippen molar-refractivity contribution >= 4 is 17.6 Å². The quantitative estimate of drug-likeness (QED) is 0.432. The van der Waals surface area contributed by atoms with Gasteiger partial charge in [0, 0.05) is 6.08 Å². The highest BCUT2D eigenvalue weighted by molar-refractivity contribution is 6.04. The summed E-state index contributed by atoms with van der Waals surface area (Å²) >= 11 is 0. The molecule has 0 fully saturated rings. The molecule has 0 aromatic heterocycles. The number of aromatic hydroxyl groups is 1. The highest BCUT2D eigenvalue weighted by Crippen LogP contribution is 2.21. The van der Waals surface area contributed by atoms with Crippen LogP contribution in [-0.4, -0.2) is 22.1 Å². The van der Waals surface area contributed by atoms with E-state index in [9.17, 15) is 14.7 Å². The molecule has 0 saturated heterocycles. The molecule has 1 aromatic carbocycles. The van der Waals surface area contributed by atoms with Crippen molar-refractivity contribution < 1.29 is 19.8 Å². The average Bonchev–Trinajstić information content (AvgIpc) is 2.31. The molecule has 18 heavy (non-hydrogen) atoms. The van der Waals surface area contributed by atoms with Crippen LogP contribution in [0.3, 0.4) is 0 Å². The van der Waals surface area contributed by atoms with Crippen LogP contribution in [0.25, 0.3) is 0 Å². The summed E-state index contributed by atoms with van der Waals surface area (Å²) < 4.78 is 0. The first-order valence-electron chi connectivity index (χ1n) is 5.21. The summed E-state index contributed by atoms with van der Waals surface area (Å²) in [6, 6.07) is 3.71. The number of hydrogen-bond acceptors (Lipinski definition) is 3. The highest BCUT2D eigenvalue weighted by atomic mass is 16.4. The van der Waals surface area contributed by atoms with Gasteiger partial charge in [0.15, 0.2) is 0 Å². The zero-order valence-electron chi connectivity index (χ0n) is 9.75. The van der Waals surface area contributed by atoms with Crippen molar-refractivity contribution in [3.8, 4) is 5.75 Å². The first-order valence-corrected chi connectivity index (χ1v) is 5.21. The Bertz CT molecular complexity index is 518. The lowest BCUT2D eigenvalue weighted by Crippen LogP contribution is -2.11. The number of benzene rings is 1. The van der Waals surface area contributed by atoms with Gasteiger partial charge in [-0.15, -0.1) is 0 Å². The number of phenolic OH excluding ortho intramolecular Hbond substituents is 1. The van der Waals surface area contributed by atoms with E-state index in [1.54, 1.807) is 12.2 Å². The molecule has 5 nitrogen and oxygen atoms in total. The van der Waals surface area contributed by atoms with Crippen LogP contribution in [-0.2, 0) is 4.79 Å². The molecule has 0 radical (unpaired) electrons. The molecule has 0 spiro atoms. The number of nitrogens with one attached hydrogen (secondary N) is 1. The smallest absolute Gasteiger partial charge is 0.337 e. The second-order valence-electron chi connectivity index (χ2n) is 3.41. The van der Waals surface area contributed by atoms with Gasteiger partial charge in [0.25, 0.3) is 0 Å². The molecule has 0 aliphatic carbocycles. The Morgan fingerprint density at radius 2 is 2.00 bits per heavy atom. The third kappa shape index (κ3) is 3.79. The second kappa shape index (κ2) is 6.24. The number of anilines is 1. The van der Waals surface area contributed by atoms with E-state index in [1.165, 1.54) is 24.3 Å². The lowest BCUT2D eigenvalue weighted by atomic mass is 10.1. The van der Waals surface area contributed by atoms with Crippen molar-refractivity contribution in [1.29, 1.82) is 0 Å². The van der Waals surface area contributed by atoms with Crippen molar-refractivity contribution in [3.05, 3.63) is 48.1 Å². The van der Waals surface area contributed by atoms with E-state index < -0.39 is 11.9 Å². The second-order valence-corrected chi connectivity index (χ2v) is 3.41. The monoisotopic (exact) mass is 247 g/mol. The predicted molar refractivity (Wildman–Crippen MR) is 67.6 cm³/mol. The number of phenols is 1. The van der Waals surface area contributed by atoms with Crippen molar-refractivity contribution in [2.75, 3.05) is 5.32 Å². The topological polar surface area (TPSA) is 86.6 Å². The molecule has 1 aromatic rings. The normalized spacial score (nSPS) is 10.9. The minimum Gasteiger partial charge on any atom is -0.508 e. The van der Waals surface area contributed by atoms with E-state index in [0.717, 1.165) is 6.07 Å². The summed E-state index contributed by atoms with van der Waals surface area (Å²) in [4.78, 5) is 22.4. The molecule has 0 aliphatic rings. The summed E-state index contributed by atoms with van der Waals surface area (Å²) in [5.74, 6) is -1.84. The van der Waals surface area contributed by atoms with Gasteiger partial charge in [-0.2, -0.15) is 0 Å². The van der Waals surface area contributed by atoms with Crippen molar-refractivity contribution in [3.63, 3.8) is 0 Å². The van der Waals surface area contributed by atoms with Gasteiger partial charge in [-0.25, -0.2) is 4.79 Å². The molecule has 94 valence electrons. The van der Waals surface area contributed by atoms with Crippen molar-refractivity contribution in [2.45, 2.75) is 6.92 Å². The molecule has 0 aliphatic heterocycles. The Hall–Kier alpha value is -2.56. The van der Waals surface area contributed by atoms with Gasteiger partial charge < -0.3 is 15.5 Å². The number of rotatable bonds is 4. The van der Waals surface area contributed by atoms with Crippen LogP contribution in [0.2, 0.25) is 0 Å². The minimum absolute atomic E-state index is 0.135. The number of aromatic carboxylic acids is 1. The first-order chi connectivity index (χ1) is 8.54. The molecule has 0 heterocycles. The molecule has 0 bridgehead atoms. The molecule has 1 amide bonds. The van der Waals surface area contributed by atoms with Crippen molar-refractivity contribution in [1.82, 2.24) is 0 Å². The van der Waals surface area contributed by atoms with E-state index in [0.29, 0.717) is 0 Å². The van der Waals surface area contributed by atoms with E-state index in [4.69, 9.17) is 5.11 Å². The van der Waals surface area contributed by atoms with Crippen LogP contribution in [0.15, 0.2) is 42.5 Å². The number of carboxylic acid groups (broad SMARTS) is 1. The van der Waals surface area contributed by atoms with E-state index in [2.05, 4.69) is 5.32 Å². The summed E-state index contributed by atoms with van der Waals surface area (Å²) in [7, 11) is 0. The van der Waals surface area contributed by atoms with E-state index in [1.807, 2.05) is 6.92 Å². The minimum atomic E-state index is -1.22. The van der Waals surface area contributed by atoms with Crippen LogP contribution in [0.1, 0.15) is 17.3 Å². The number of amides is 1. The van der Waals surface area contributed by atoms with Gasteiger partial charge in [0.1, 0.15) is 5.75 Å². The molecule has 0 atom stereocenters. The Labute approximate surface area is 104 Å². The maximum atomic E-state index is 11.5. The zero-order valence-corrected chi connectivity index (χ0v) is 9.75. The van der Waals surface area contributed by atoms with Gasteiger partial charge in [0.2, 0.25) is 5.91 Å². The highest BCUT2D eigenvalue weighted by Gasteiger charge is 2.12. The zero-order chi connectivity index (χ0) is 13.5. The van der Waals surface area contributed by atoms with Crippen LogP contribution in [0.5, 0.6) is 5.75 Å². The van der Waals surface area contributed by atoms with Gasteiger partial charge >= 0.3 is 5.97 Å². The lowest BCUT2D eigenvalue weighted by Gasteiger charge is -2.06. The number of carbonyl (C=O) groups excluding carboxylic acids is 1. The lowest BCUT2D eigenvalue weighted by molar-refractivity contribution is -0.111. The van der Waals surface area contributed by atoms with Crippen LogP contribution in [0, 0.1) is 0 Å². The largest absolute Gasteiger partial charge is 0.508 e. The van der Waals surface area contributed by atoms with Gasteiger partial charge in [-0.05, 0) is 25.1 Å². The summed E-state index contributed by atoms with van der Waals surface area (Å²) in [5, 5.41) is 20.5. The van der Waals surface area contributed by atoms with E-state index >= 15 is 0 Å². The Balaban J connectivity index is 2.90. The van der Waals surface area contributed by atoms with Gasteiger partial charge in [-0.1, -0.05) is 18.2 Å². The predicted octanol–water partition coefficient (Wildman–Crippen LogP) is 2.16. The molecule has 0 unspecified atom stereocenters. The van der Waals surface area contributed by atoms with Gasteiger partial charge in [0.05, 0.1) is 11.3 Å². The SMILES string of the molecule is CC=CC=CC(=O)Nc1ccc(O)cc1C(=O)O. The standard InChI is InChI=1S/C13H13NO4/c1-2-3-4-5-12(16)14-11-7-6-9(15)8-10(11)13(17)18/h2-8,15H,1H3,(H,14,16)(H,17,18). The maximum Gasteiger partial charge on any atom is 0.337 e. The number of allylic oxidation sites excluding steroid dienone is 3. The summed E-state index contributed by atoms with van der Waals surface area (Å²) in [6.07, 6.45) is 6.25. The van der Waals surface area contributed by atoms with Crippen LogP contribution >= 0.6 is 0 Å². The fourth-order valence-electron chi connectivity index (χ4n) is 1.25. The average molecular weight is 247 g/mol. The summed E-state index contributed by atoms with van der Waals surface area (Å²) in [5.41, 5.74) is -0.0294. The first kappa shape index (κ1) is 13.5. The van der Waals surface area contributed by atoms with E-state index in [-0.39, 0.29) is 17.0 Å². The number of carbonyl (C=O) groups is 2. The fourth-order valence-corrected chi connectivity index (χ4v) is 1.25. The molecular weight excluding hydrogens is 234 g/mol. The molecule has 3 N–H and O–H groups in total. The third-order valence-electron chi connectivity index (χ3n) is 2.04. The molecular formula is C13H13NO4. The van der Waals surface area contributed by atoms with Crippen molar-refractivity contribution in [2.24, 2.45) is 0 Å². The summed E-state index contributed by atoms with van der Waals surface area (Å²) in [6.45, 7) is 1.81. The fraction of sp³-hybridized carbons (Fsp3) is 0.0769. The number of carboxylic acids is 1. The number of hydrogen-bond donors (Lipinski definition) is 3. The molecule has 1 rings (SSSR count). The molecule has 0 saturated carbocycles. The maximum absolute atomic E-state index is 11.5. The van der Waals surface area contributed by atoms with Gasteiger partial charge in [-0.3, -0.25) is 4.79 Å². The Kier molecular flexibility index (Phi) is 4.68. The van der Waals surface area contributed by atoms with Crippen LogP contribution in [0.4, 0.5) is 5.69 Å². The molecule has 5 heteroatoms. The van der Waals surface area contributed by atoms with Crippen LogP contribution < -0.4 is 5.32 Å².